The molecule has 0 bridgehead atoms. The second kappa shape index (κ2) is 13.1. The van der Waals surface area contributed by atoms with Gasteiger partial charge in [-0.3, -0.25) is 4.79 Å². The molecule has 1 amide bonds. The number of hydrogen-bond donors (Lipinski definition) is 1. The smallest absolute Gasteiger partial charge is 0.548 e. The van der Waals surface area contributed by atoms with Crippen LogP contribution in [0.25, 0.3) is 0 Å². The summed E-state index contributed by atoms with van der Waals surface area (Å²) in [5.74, 6) is -0.939. The second-order valence-corrected chi connectivity index (χ2v) is 7.16. The molecular weight excluding hydrogens is 422 g/mol. The number of hydrogen-bond acceptors (Lipinski definition) is 4. The zero-order valence-electron chi connectivity index (χ0n) is 16.7. The van der Waals surface area contributed by atoms with Crippen molar-refractivity contribution in [3.8, 4) is 0 Å². The van der Waals surface area contributed by atoms with E-state index >= 15 is 0 Å². The summed E-state index contributed by atoms with van der Waals surface area (Å²) in [6, 6.07) is 13.2. The van der Waals surface area contributed by atoms with Crippen molar-refractivity contribution in [3.05, 3.63) is 65.2 Å². The van der Waals surface area contributed by atoms with Crippen LogP contribution in [0.5, 0.6) is 0 Å². The Labute approximate surface area is 203 Å². The minimum Gasteiger partial charge on any atom is -0.548 e. The number of carbonyl (C=O) groups is 2. The van der Waals surface area contributed by atoms with Gasteiger partial charge in [0.2, 0.25) is 0 Å². The molecule has 0 spiro atoms. The summed E-state index contributed by atoms with van der Waals surface area (Å²) in [5, 5.41) is 14.1. The molecule has 0 aromatic heterocycles. The first-order chi connectivity index (χ1) is 13.5. The normalized spacial score (nSPS) is 11.3. The molecule has 0 aliphatic rings. The van der Waals surface area contributed by atoms with Gasteiger partial charge >= 0.3 is 29.6 Å². The minimum atomic E-state index is -1.32. The number of carboxylic acid groups (broad SMARTS) is 1. The van der Waals surface area contributed by atoms with Crippen LogP contribution in [-0.2, 0) is 11.2 Å². The summed E-state index contributed by atoms with van der Waals surface area (Å²) in [6.07, 6.45) is 0.151. The molecule has 0 saturated heterocycles. The average molecular weight is 445 g/mol. The number of benzene rings is 2. The molecule has 0 radical (unpaired) electrons. The fourth-order valence-corrected chi connectivity index (χ4v) is 3.34. The molecule has 0 aliphatic carbocycles. The predicted octanol–water partition coefficient (Wildman–Crippen LogP) is -0.626. The number of nitrogens with one attached hydrogen (secondary N) is 1. The number of halogens is 2. The Kier molecular flexibility index (Phi) is 11.7. The van der Waals surface area contributed by atoms with Crippen molar-refractivity contribution in [3.63, 3.8) is 0 Å². The molecule has 2 aromatic carbocycles. The minimum absolute atomic E-state index is 0. The third-order valence-electron chi connectivity index (χ3n) is 4.39. The molecule has 0 saturated carbocycles. The Morgan fingerprint density at radius 1 is 1.07 bits per heavy atom. The first-order valence-electron chi connectivity index (χ1n) is 8.99. The average Bonchev–Trinajstić information content (AvgIpc) is 2.68. The van der Waals surface area contributed by atoms with Gasteiger partial charge in [-0.2, -0.15) is 0 Å². The maximum absolute atomic E-state index is 12.7. The second-order valence-electron chi connectivity index (χ2n) is 6.40. The number of aliphatic carboxylic acids is 1. The number of alkyl halides is 2. The van der Waals surface area contributed by atoms with Gasteiger partial charge in [0.05, 0.1) is 12.0 Å². The van der Waals surface area contributed by atoms with Crippen molar-refractivity contribution in [2.45, 2.75) is 19.4 Å². The maximum atomic E-state index is 12.7. The molecular formula is C21H23Cl2N2NaO3. The zero-order valence-corrected chi connectivity index (χ0v) is 20.2. The third-order valence-corrected chi connectivity index (χ3v) is 4.73. The van der Waals surface area contributed by atoms with Gasteiger partial charge in [0.15, 0.2) is 0 Å². The van der Waals surface area contributed by atoms with Crippen LogP contribution in [0.2, 0.25) is 0 Å². The van der Waals surface area contributed by atoms with E-state index in [9.17, 15) is 14.7 Å². The molecule has 0 fully saturated rings. The maximum Gasteiger partial charge on any atom is 1.00 e. The van der Waals surface area contributed by atoms with Crippen LogP contribution in [0, 0.1) is 6.92 Å². The van der Waals surface area contributed by atoms with Crippen molar-refractivity contribution in [2.24, 2.45) is 0 Å². The molecule has 0 unspecified atom stereocenters. The molecule has 2 rings (SSSR count). The van der Waals surface area contributed by atoms with Crippen LogP contribution in [-0.4, -0.2) is 42.8 Å². The van der Waals surface area contributed by atoms with Gasteiger partial charge in [0.25, 0.3) is 5.91 Å². The van der Waals surface area contributed by atoms with Crippen LogP contribution in [0.15, 0.2) is 48.5 Å². The number of carbonyl (C=O) groups excluding carboxylic acids is 2. The van der Waals surface area contributed by atoms with E-state index in [0.717, 1.165) is 16.8 Å². The van der Waals surface area contributed by atoms with Crippen molar-refractivity contribution >= 4 is 40.8 Å². The Balaban J connectivity index is 0.00000420. The van der Waals surface area contributed by atoms with Gasteiger partial charge in [-0.1, -0.05) is 36.4 Å². The largest absolute Gasteiger partial charge is 1.00 e. The van der Waals surface area contributed by atoms with Gasteiger partial charge in [-0.25, -0.2) is 0 Å². The van der Waals surface area contributed by atoms with E-state index in [1.165, 1.54) is 0 Å². The van der Waals surface area contributed by atoms with E-state index in [4.69, 9.17) is 23.2 Å². The van der Waals surface area contributed by atoms with Gasteiger partial charge in [-0.15, -0.1) is 23.2 Å². The van der Waals surface area contributed by atoms with Crippen LogP contribution in [0.4, 0.5) is 5.69 Å². The fourth-order valence-electron chi connectivity index (χ4n) is 2.93. The Hall–Kier alpha value is -1.24. The van der Waals surface area contributed by atoms with Gasteiger partial charge in [0, 0.05) is 36.1 Å². The van der Waals surface area contributed by atoms with E-state index in [2.05, 4.69) is 5.32 Å². The van der Waals surface area contributed by atoms with Crippen LogP contribution >= 0.6 is 23.2 Å². The van der Waals surface area contributed by atoms with Gasteiger partial charge < -0.3 is 20.1 Å². The van der Waals surface area contributed by atoms with E-state index in [0.29, 0.717) is 30.4 Å². The Morgan fingerprint density at radius 2 is 1.69 bits per heavy atom. The number of amides is 1. The standard InChI is InChI=1S/C21H24Cl2N2O3.Na/c1-15-7-8-17(14-19(15)25(11-9-22)12-10-23)20(26)24-18(21(27)28)13-16-5-3-2-4-6-16;/h2-8,14,18H,9-13H2,1H3,(H,24,26)(H,27,28);/q;+1/p-1/t18-;/m0./s1. The van der Waals surface area contributed by atoms with Crippen LogP contribution in [0.3, 0.4) is 0 Å². The predicted molar refractivity (Wildman–Crippen MR) is 111 cm³/mol. The van der Waals surface area contributed by atoms with Crippen molar-refractivity contribution in [1.29, 1.82) is 0 Å². The van der Waals surface area contributed by atoms with Crippen LogP contribution < -0.4 is 44.9 Å². The molecule has 8 heteroatoms. The molecule has 0 heterocycles. The van der Waals surface area contributed by atoms with Gasteiger partial charge in [-0.05, 0) is 36.6 Å². The summed E-state index contributed by atoms with van der Waals surface area (Å²) in [7, 11) is 0. The van der Waals surface area contributed by atoms with Crippen molar-refractivity contribution in [2.75, 3.05) is 29.7 Å². The van der Waals surface area contributed by atoms with E-state index in [1.807, 2.05) is 48.2 Å². The summed E-state index contributed by atoms with van der Waals surface area (Å²) in [6.45, 7) is 3.12. The van der Waals surface area contributed by atoms with Crippen molar-refractivity contribution < 1.29 is 44.3 Å². The number of nitrogens with zero attached hydrogens (tertiary/aromatic N) is 1. The molecule has 5 nitrogen and oxygen atoms in total. The summed E-state index contributed by atoms with van der Waals surface area (Å²) < 4.78 is 0. The van der Waals surface area contributed by atoms with E-state index in [1.54, 1.807) is 12.1 Å². The topological polar surface area (TPSA) is 72.5 Å². The van der Waals surface area contributed by atoms with Crippen molar-refractivity contribution in [1.82, 2.24) is 5.32 Å². The third kappa shape index (κ3) is 7.83. The molecule has 1 N–H and O–H groups in total. The number of carboxylic acids is 1. The molecule has 29 heavy (non-hydrogen) atoms. The summed E-state index contributed by atoms with van der Waals surface area (Å²) in [5.41, 5.74) is 3.00. The first kappa shape index (κ1) is 25.8. The van der Waals surface area contributed by atoms with E-state index in [-0.39, 0.29) is 36.0 Å². The molecule has 0 aliphatic heterocycles. The Morgan fingerprint density at radius 3 is 2.24 bits per heavy atom. The molecule has 150 valence electrons. The van der Waals surface area contributed by atoms with Gasteiger partial charge in [0.1, 0.15) is 0 Å². The van der Waals surface area contributed by atoms with Crippen LogP contribution in [0.1, 0.15) is 21.5 Å². The summed E-state index contributed by atoms with van der Waals surface area (Å²) in [4.78, 5) is 26.2. The first-order valence-corrected chi connectivity index (χ1v) is 10.1. The Bertz CT molecular complexity index is 800. The number of rotatable bonds is 10. The molecule has 2 aromatic rings. The fraction of sp³-hybridized carbons (Fsp3) is 0.333. The molecule has 1 atom stereocenters. The number of anilines is 1. The zero-order chi connectivity index (χ0) is 20.5. The monoisotopic (exact) mass is 444 g/mol. The summed E-state index contributed by atoms with van der Waals surface area (Å²) >= 11 is 11.8. The van der Waals surface area contributed by atoms with E-state index < -0.39 is 17.9 Å². The SMILES string of the molecule is Cc1ccc(C(=O)N[C@@H](Cc2ccccc2)C(=O)[O-])cc1N(CCCl)CCCl.[Na+]. The quantitative estimate of drug-likeness (QED) is 0.391. The number of aryl methyl sites for hydroxylation is 1.